The SMILES string of the molecule is COc1cc(C(=O)Nc2cc(C)ccc2C)on1. The molecule has 1 amide bonds. The summed E-state index contributed by atoms with van der Waals surface area (Å²) in [5.74, 6) is 0.0494. The number of hydrogen-bond donors (Lipinski definition) is 1. The van der Waals surface area contributed by atoms with Crippen molar-refractivity contribution in [3.63, 3.8) is 0 Å². The lowest BCUT2D eigenvalue weighted by atomic mass is 10.1. The molecule has 1 aromatic carbocycles. The molecule has 5 nitrogen and oxygen atoms in total. The van der Waals surface area contributed by atoms with Gasteiger partial charge in [0.15, 0.2) is 0 Å². The molecule has 0 spiro atoms. The number of carbonyl (C=O) groups excluding carboxylic acids is 1. The molecule has 2 aromatic rings. The van der Waals surface area contributed by atoms with Gasteiger partial charge in [0.05, 0.1) is 13.2 Å². The van der Waals surface area contributed by atoms with Gasteiger partial charge in [-0.25, -0.2) is 0 Å². The van der Waals surface area contributed by atoms with Gasteiger partial charge in [0.2, 0.25) is 5.76 Å². The Balaban J connectivity index is 2.18. The van der Waals surface area contributed by atoms with Crippen LogP contribution in [-0.2, 0) is 0 Å². The second-order valence-corrected chi connectivity index (χ2v) is 4.01. The van der Waals surface area contributed by atoms with Crippen LogP contribution >= 0.6 is 0 Å². The molecule has 0 aliphatic carbocycles. The highest BCUT2D eigenvalue weighted by molar-refractivity contribution is 6.02. The first kappa shape index (κ1) is 12.2. The molecular weight excluding hydrogens is 232 g/mol. The van der Waals surface area contributed by atoms with Crippen molar-refractivity contribution in [2.75, 3.05) is 12.4 Å². The predicted molar refractivity (Wildman–Crippen MR) is 66.9 cm³/mol. The van der Waals surface area contributed by atoms with E-state index in [1.165, 1.54) is 13.2 Å². The van der Waals surface area contributed by atoms with Gasteiger partial charge in [-0.15, -0.1) is 0 Å². The standard InChI is InChI=1S/C13H14N2O3/c1-8-4-5-9(2)10(6-8)14-13(16)11-7-12(17-3)15-18-11/h4-7H,1-3H3,(H,14,16). The van der Waals surface area contributed by atoms with Crippen LogP contribution in [0.1, 0.15) is 21.7 Å². The second-order valence-electron chi connectivity index (χ2n) is 4.01. The first-order valence-electron chi connectivity index (χ1n) is 5.49. The fourth-order valence-corrected chi connectivity index (χ4v) is 1.52. The van der Waals surface area contributed by atoms with Crippen molar-refractivity contribution in [2.45, 2.75) is 13.8 Å². The summed E-state index contributed by atoms with van der Waals surface area (Å²) in [5, 5.41) is 6.36. The molecule has 0 unspecified atom stereocenters. The molecule has 18 heavy (non-hydrogen) atoms. The number of methoxy groups -OCH3 is 1. The van der Waals surface area contributed by atoms with Crippen LogP contribution in [0.15, 0.2) is 28.8 Å². The largest absolute Gasteiger partial charge is 0.479 e. The van der Waals surface area contributed by atoms with Gasteiger partial charge >= 0.3 is 0 Å². The van der Waals surface area contributed by atoms with E-state index in [2.05, 4.69) is 10.5 Å². The molecular formula is C13H14N2O3. The van der Waals surface area contributed by atoms with E-state index in [4.69, 9.17) is 9.26 Å². The molecule has 0 atom stereocenters. The molecule has 0 bridgehead atoms. The van der Waals surface area contributed by atoms with Crippen molar-refractivity contribution in [1.29, 1.82) is 0 Å². The van der Waals surface area contributed by atoms with Crippen LogP contribution in [-0.4, -0.2) is 18.2 Å². The lowest BCUT2D eigenvalue weighted by Gasteiger charge is -2.07. The number of anilines is 1. The zero-order valence-corrected chi connectivity index (χ0v) is 10.5. The molecule has 1 heterocycles. The Labute approximate surface area is 105 Å². The summed E-state index contributed by atoms with van der Waals surface area (Å²) in [5.41, 5.74) is 2.82. The molecule has 0 fully saturated rings. The van der Waals surface area contributed by atoms with E-state index < -0.39 is 0 Å². The topological polar surface area (TPSA) is 64.4 Å². The summed E-state index contributed by atoms with van der Waals surface area (Å²) in [7, 11) is 1.46. The van der Waals surface area contributed by atoms with Gasteiger partial charge in [0.25, 0.3) is 11.8 Å². The van der Waals surface area contributed by atoms with Crippen LogP contribution in [0, 0.1) is 13.8 Å². The smallest absolute Gasteiger partial charge is 0.294 e. The minimum atomic E-state index is -0.348. The summed E-state index contributed by atoms with van der Waals surface area (Å²) in [4.78, 5) is 11.9. The van der Waals surface area contributed by atoms with E-state index in [1.807, 2.05) is 32.0 Å². The van der Waals surface area contributed by atoms with Crippen LogP contribution in [0.25, 0.3) is 0 Å². The number of amides is 1. The molecule has 0 aliphatic rings. The average molecular weight is 246 g/mol. The van der Waals surface area contributed by atoms with E-state index >= 15 is 0 Å². The second kappa shape index (κ2) is 4.91. The monoisotopic (exact) mass is 246 g/mol. The molecule has 0 saturated heterocycles. The number of carbonyl (C=O) groups is 1. The van der Waals surface area contributed by atoms with E-state index in [0.717, 1.165) is 16.8 Å². The van der Waals surface area contributed by atoms with Crippen molar-refractivity contribution in [3.8, 4) is 5.88 Å². The zero-order chi connectivity index (χ0) is 13.1. The number of aromatic nitrogens is 1. The van der Waals surface area contributed by atoms with Gasteiger partial charge in [-0.05, 0) is 36.2 Å². The maximum atomic E-state index is 11.9. The Bertz CT molecular complexity index is 575. The molecule has 1 N–H and O–H groups in total. The first-order chi connectivity index (χ1) is 8.60. The van der Waals surface area contributed by atoms with E-state index in [0.29, 0.717) is 0 Å². The third kappa shape index (κ3) is 2.51. The molecule has 0 saturated carbocycles. The summed E-state index contributed by atoms with van der Waals surface area (Å²) in [6.07, 6.45) is 0. The van der Waals surface area contributed by atoms with Crippen molar-refractivity contribution < 1.29 is 14.1 Å². The fraction of sp³-hybridized carbons (Fsp3) is 0.231. The Morgan fingerprint density at radius 1 is 1.33 bits per heavy atom. The summed E-state index contributed by atoms with van der Waals surface area (Å²) in [6, 6.07) is 7.29. The van der Waals surface area contributed by atoms with E-state index in [9.17, 15) is 4.79 Å². The minimum absolute atomic E-state index is 0.118. The van der Waals surface area contributed by atoms with Gasteiger partial charge < -0.3 is 14.6 Å². The number of ether oxygens (including phenoxy) is 1. The van der Waals surface area contributed by atoms with Gasteiger partial charge in [-0.2, -0.15) is 0 Å². The maximum Gasteiger partial charge on any atom is 0.294 e. The Hall–Kier alpha value is -2.30. The predicted octanol–water partition coefficient (Wildman–Crippen LogP) is 2.55. The normalized spacial score (nSPS) is 10.2. The van der Waals surface area contributed by atoms with Crippen molar-refractivity contribution in [1.82, 2.24) is 5.16 Å². The Morgan fingerprint density at radius 2 is 2.11 bits per heavy atom. The van der Waals surface area contributed by atoms with Gasteiger partial charge in [0, 0.05) is 5.69 Å². The maximum absolute atomic E-state index is 11.9. The number of nitrogens with one attached hydrogen (secondary N) is 1. The molecule has 2 rings (SSSR count). The van der Waals surface area contributed by atoms with E-state index in [-0.39, 0.29) is 17.5 Å². The first-order valence-corrected chi connectivity index (χ1v) is 5.49. The lowest BCUT2D eigenvalue weighted by Crippen LogP contribution is -2.12. The third-order valence-electron chi connectivity index (χ3n) is 2.56. The molecule has 1 aromatic heterocycles. The van der Waals surface area contributed by atoms with Crippen molar-refractivity contribution >= 4 is 11.6 Å². The molecule has 0 aliphatic heterocycles. The highest BCUT2D eigenvalue weighted by atomic mass is 16.5. The minimum Gasteiger partial charge on any atom is -0.479 e. The number of nitrogens with zero attached hydrogens (tertiary/aromatic N) is 1. The fourth-order valence-electron chi connectivity index (χ4n) is 1.52. The number of aryl methyl sites for hydroxylation is 2. The van der Waals surface area contributed by atoms with Crippen LogP contribution in [0.4, 0.5) is 5.69 Å². The van der Waals surface area contributed by atoms with E-state index in [1.54, 1.807) is 0 Å². The lowest BCUT2D eigenvalue weighted by molar-refractivity contribution is 0.0987. The number of benzene rings is 1. The average Bonchev–Trinajstić information content (AvgIpc) is 2.82. The zero-order valence-electron chi connectivity index (χ0n) is 10.5. The molecule has 0 radical (unpaired) electrons. The van der Waals surface area contributed by atoms with Crippen LogP contribution in [0.3, 0.4) is 0 Å². The van der Waals surface area contributed by atoms with Crippen LogP contribution < -0.4 is 10.1 Å². The molecule has 5 heteroatoms. The Morgan fingerprint density at radius 3 is 2.78 bits per heavy atom. The van der Waals surface area contributed by atoms with Crippen LogP contribution in [0.5, 0.6) is 5.88 Å². The van der Waals surface area contributed by atoms with Gasteiger partial charge in [-0.1, -0.05) is 12.1 Å². The van der Waals surface area contributed by atoms with Gasteiger partial charge in [-0.3, -0.25) is 4.79 Å². The summed E-state index contributed by atoms with van der Waals surface area (Å²) < 4.78 is 9.73. The quantitative estimate of drug-likeness (QED) is 0.903. The van der Waals surface area contributed by atoms with Crippen molar-refractivity contribution in [3.05, 3.63) is 41.2 Å². The highest BCUT2D eigenvalue weighted by Gasteiger charge is 2.14. The molecule has 94 valence electrons. The van der Waals surface area contributed by atoms with Gasteiger partial charge in [0.1, 0.15) is 0 Å². The van der Waals surface area contributed by atoms with Crippen molar-refractivity contribution in [2.24, 2.45) is 0 Å². The third-order valence-corrected chi connectivity index (χ3v) is 2.56. The summed E-state index contributed by atoms with van der Waals surface area (Å²) >= 11 is 0. The number of rotatable bonds is 3. The highest BCUT2D eigenvalue weighted by Crippen LogP contribution is 2.18. The number of hydrogen-bond acceptors (Lipinski definition) is 4. The Kier molecular flexibility index (Phi) is 3.32. The summed E-state index contributed by atoms with van der Waals surface area (Å²) in [6.45, 7) is 3.89. The van der Waals surface area contributed by atoms with Crippen LogP contribution in [0.2, 0.25) is 0 Å².